The Hall–Kier alpha value is -0.840. The SMILES string of the molecule is Cc1cc(C(=O)c2cc(Cl)ccc2N)sc1Br. The molecule has 0 aliphatic rings. The lowest BCUT2D eigenvalue weighted by molar-refractivity contribution is 0.104. The number of carbonyl (C=O) groups is 1. The minimum Gasteiger partial charge on any atom is -0.398 e. The van der Waals surface area contributed by atoms with E-state index in [1.54, 1.807) is 18.2 Å². The molecule has 1 heterocycles. The molecular weight excluding hydrogens is 322 g/mol. The number of rotatable bonds is 2. The van der Waals surface area contributed by atoms with E-state index in [0.29, 0.717) is 21.2 Å². The first-order valence-corrected chi connectivity index (χ1v) is 6.83. The normalized spacial score (nSPS) is 10.5. The third kappa shape index (κ3) is 2.54. The summed E-state index contributed by atoms with van der Waals surface area (Å²) in [6, 6.07) is 6.76. The van der Waals surface area contributed by atoms with E-state index in [-0.39, 0.29) is 5.78 Å². The van der Waals surface area contributed by atoms with Gasteiger partial charge in [-0.3, -0.25) is 4.79 Å². The van der Waals surface area contributed by atoms with Crippen LogP contribution in [0.5, 0.6) is 0 Å². The highest BCUT2D eigenvalue weighted by Gasteiger charge is 2.16. The third-order valence-corrected chi connectivity index (χ3v) is 4.71. The Balaban J connectivity index is 2.47. The number of halogens is 2. The van der Waals surface area contributed by atoms with Crippen LogP contribution >= 0.6 is 38.9 Å². The molecule has 1 aromatic heterocycles. The number of nitrogens with two attached hydrogens (primary N) is 1. The first-order chi connectivity index (χ1) is 7.99. The van der Waals surface area contributed by atoms with Crippen LogP contribution in [0.2, 0.25) is 5.02 Å². The first-order valence-electron chi connectivity index (χ1n) is 4.84. The van der Waals surface area contributed by atoms with E-state index in [4.69, 9.17) is 17.3 Å². The van der Waals surface area contributed by atoms with Gasteiger partial charge < -0.3 is 5.73 Å². The first kappa shape index (κ1) is 12.6. The van der Waals surface area contributed by atoms with Gasteiger partial charge in [0, 0.05) is 16.3 Å². The van der Waals surface area contributed by atoms with Crippen LogP contribution in [0.15, 0.2) is 28.1 Å². The van der Waals surface area contributed by atoms with Crippen molar-refractivity contribution in [3.63, 3.8) is 0 Å². The van der Waals surface area contributed by atoms with Gasteiger partial charge in [0.25, 0.3) is 0 Å². The maximum absolute atomic E-state index is 12.2. The van der Waals surface area contributed by atoms with Gasteiger partial charge in [0.15, 0.2) is 0 Å². The number of anilines is 1. The summed E-state index contributed by atoms with van der Waals surface area (Å²) in [5.41, 5.74) is 7.72. The lowest BCUT2D eigenvalue weighted by atomic mass is 10.1. The molecule has 2 nitrogen and oxygen atoms in total. The fourth-order valence-corrected chi connectivity index (χ4v) is 3.09. The van der Waals surface area contributed by atoms with Gasteiger partial charge >= 0.3 is 0 Å². The van der Waals surface area contributed by atoms with E-state index >= 15 is 0 Å². The summed E-state index contributed by atoms with van der Waals surface area (Å²) in [6.07, 6.45) is 0. The highest BCUT2D eigenvalue weighted by molar-refractivity contribution is 9.11. The molecule has 0 bridgehead atoms. The Kier molecular flexibility index (Phi) is 3.56. The lowest BCUT2D eigenvalue weighted by Crippen LogP contribution is -2.03. The van der Waals surface area contributed by atoms with Gasteiger partial charge in [-0.25, -0.2) is 0 Å². The molecule has 2 aromatic rings. The van der Waals surface area contributed by atoms with Gasteiger partial charge in [-0.15, -0.1) is 11.3 Å². The standard InChI is InChI=1S/C12H9BrClNOS/c1-6-4-10(17-12(6)13)11(16)8-5-7(14)2-3-9(8)15/h2-5H,15H2,1H3. The van der Waals surface area contributed by atoms with E-state index in [2.05, 4.69) is 15.9 Å². The molecule has 0 fully saturated rings. The van der Waals surface area contributed by atoms with E-state index < -0.39 is 0 Å². The molecule has 0 radical (unpaired) electrons. The molecule has 2 rings (SSSR count). The lowest BCUT2D eigenvalue weighted by Gasteiger charge is -2.03. The molecule has 1 aromatic carbocycles. The zero-order chi connectivity index (χ0) is 12.6. The zero-order valence-electron chi connectivity index (χ0n) is 8.96. The Morgan fingerprint density at radius 3 is 2.71 bits per heavy atom. The highest BCUT2D eigenvalue weighted by Crippen LogP contribution is 2.30. The predicted molar refractivity (Wildman–Crippen MR) is 76.1 cm³/mol. The minimum atomic E-state index is -0.0937. The number of ketones is 1. The Labute approximate surface area is 117 Å². The second-order valence-corrected chi connectivity index (χ2v) is 6.43. The number of benzene rings is 1. The average molecular weight is 331 g/mol. The average Bonchev–Trinajstić information content (AvgIpc) is 2.62. The van der Waals surface area contributed by atoms with Crippen molar-refractivity contribution >= 4 is 50.3 Å². The van der Waals surface area contributed by atoms with Gasteiger partial charge in [-0.05, 0) is 52.7 Å². The topological polar surface area (TPSA) is 43.1 Å². The zero-order valence-corrected chi connectivity index (χ0v) is 12.1. The van der Waals surface area contributed by atoms with Crippen LogP contribution in [0.25, 0.3) is 0 Å². The van der Waals surface area contributed by atoms with Crippen molar-refractivity contribution < 1.29 is 4.79 Å². The molecule has 88 valence electrons. The second-order valence-electron chi connectivity index (χ2n) is 3.63. The molecule has 0 saturated heterocycles. The number of hydrogen-bond donors (Lipinski definition) is 1. The fraction of sp³-hybridized carbons (Fsp3) is 0.0833. The molecule has 0 atom stereocenters. The molecule has 0 aliphatic heterocycles. The number of nitrogen functional groups attached to an aromatic ring is 1. The summed E-state index contributed by atoms with van der Waals surface area (Å²) in [6.45, 7) is 1.94. The maximum Gasteiger partial charge on any atom is 0.205 e. The smallest absolute Gasteiger partial charge is 0.205 e. The Bertz CT molecular complexity index is 575. The molecule has 5 heteroatoms. The third-order valence-electron chi connectivity index (χ3n) is 2.34. The maximum atomic E-state index is 12.2. The van der Waals surface area contributed by atoms with Gasteiger partial charge in [-0.1, -0.05) is 11.6 Å². The summed E-state index contributed by atoms with van der Waals surface area (Å²) in [7, 11) is 0. The minimum absolute atomic E-state index is 0.0937. The van der Waals surface area contributed by atoms with Crippen LogP contribution in [0.3, 0.4) is 0 Å². The van der Waals surface area contributed by atoms with E-state index in [1.807, 2.05) is 13.0 Å². The summed E-state index contributed by atoms with van der Waals surface area (Å²) < 4.78 is 0.960. The molecule has 0 spiro atoms. The number of hydrogen-bond acceptors (Lipinski definition) is 3. The molecule has 0 saturated carbocycles. The number of thiophene rings is 1. The summed E-state index contributed by atoms with van der Waals surface area (Å²) >= 11 is 10.7. The van der Waals surface area contributed by atoms with Crippen LogP contribution in [0.4, 0.5) is 5.69 Å². The van der Waals surface area contributed by atoms with Crippen molar-refractivity contribution in [1.29, 1.82) is 0 Å². The van der Waals surface area contributed by atoms with Crippen molar-refractivity contribution in [2.75, 3.05) is 5.73 Å². The highest BCUT2D eigenvalue weighted by atomic mass is 79.9. The van der Waals surface area contributed by atoms with E-state index in [0.717, 1.165) is 9.35 Å². The second kappa shape index (κ2) is 4.80. The molecule has 2 N–H and O–H groups in total. The quantitative estimate of drug-likeness (QED) is 0.659. The molecule has 0 unspecified atom stereocenters. The summed E-state index contributed by atoms with van der Waals surface area (Å²) in [5, 5.41) is 0.509. The van der Waals surface area contributed by atoms with Crippen LogP contribution in [-0.2, 0) is 0 Å². The van der Waals surface area contributed by atoms with Crippen LogP contribution < -0.4 is 5.73 Å². The van der Waals surface area contributed by atoms with Gasteiger partial charge in [0.1, 0.15) is 0 Å². The van der Waals surface area contributed by atoms with Gasteiger partial charge in [0.05, 0.1) is 8.66 Å². The van der Waals surface area contributed by atoms with E-state index in [9.17, 15) is 4.79 Å². The van der Waals surface area contributed by atoms with Crippen molar-refractivity contribution in [1.82, 2.24) is 0 Å². The predicted octanol–water partition coefficient (Wildman–Crippen LogP) is 4.29. The fourth-order valence-electron chi connectivity index (χ4n) is 1.43. The molecule has 0 aliphatic carbocycles. The monoisotopic (exact) mass is 329 g/mol. The number of carbonyl (C=O) groups excluding carboxylic acids is 1. The van der Waals surface area contributed by atoms with Crippen LogP contribution in [0, 0.1) is 6.92 Å². The van der Waals surface area contributed by atoms with Gasteiger partial charge in [-0.2, -0.15) is 0 Å². The van der Waals surface area contributed by atoms with Crippen molar-refractivity contribution in [2.24, 2.45) is 0 Å². The van der Waals surface area contributed by atoms with Crippen molar-refractivity contribution in [2.45, 2.75) is 6.92 Å². The van der Waals surface area contributed by atoms with Gasteiger partial charge in [0.2, 0.25) is 5.78 Å². The molecular formula is C12H9BrClNOS. The van der Waals surface area contributed by atoms with Crippen LogP contribution in [0.1, 0.15) is 20.8 Å². The number of aryl methyl sites for hydroxylation is 1. The molecule has 17 heavy (non-hydrogen) atoms. The Morgan fingerprint density at radius 1 is 1.41 bits per heavy atom. The van der Waals surface area contributed by atoms with E-state index in [1.165, 1.54) is 11.3 Å². The summed E-state index contributed by atoms with van der Waals surface area (Å²) in [4.78, 5) is 12.9. The molecule has 0 amide bonds. The Morgan fingerprint density at radius 2 is 2.12 bits per heavy atom. The van der Waals surface area contributed by atoms with Crippen molar-refractivity contribution in [3.05, 3.63) is 49.1 Å². The van der Waals surface area contributed by atoms with Crippen LogP contribution in [-0.4, -0.2) is 5.78 Å². The largest absolute Gasteiger partial charge is 0.398 e. The van der Waals surface area contributed by atoms with Crippen molar-refractivity contribution in [3.8, 4) is 0 Å². The summed E-state index contributed by atoms with van der Waals surface area (Å²) in [5.74, 6) is -0.0937.